The molecule has 0 bridgehead atoms. The average Bonchev–Trinajstić information content (AvgIpc) is 2.88. The van der Waals surface area contributed by atoms with Crippen LogP contribution in [-0.4, -0.2) is 47.5 Å². The number of hydrogen-bond donors (Lipinski definition) is 2. The largest absolute Gasteiger partial charge is 0.392 e. The Balaban J connectivity index is 2.25. The smallest absolute Gasteiger partial charge is 0.242 e. The monoisotopic (exact) mass is 285 g/mol. The van der Waals surface area contributed by atoms with Gasteiger partial charge < -0.3 is 21.1 Å². The first-order valence-corrected chi connectivity index (χ1v) is 6.88. The van der Waals surface area contributed by atoms with Gasteiger partial charge in [-0.25, -0.2) is 0 Å². The number of primary amides is 1. The minimum absolute atomic E-state index is 0.147. The van der Waals surface area contributed by atoms with Gasteiger partial charge in [-0.1, -0.05) is 25.1 Å². The van der Waals surface area contributed by atoms with Crippen molar-refractivity contribution in [2.24, 2.45) is 16.9 Å². The summed E-state index contributed by atoms with van der Waals surface area (Å²) in [7, 11) is 0. The Labute approximate surface area is 117 Å². The number of thiocarbonyl (C=S) groups is 1. The van der Waals surface area contributed by atoms with Crippen LogP contribution in [0.3, 0.4) is 0 Å². The van der Waals surface area contributed by atoms with Gasteiger partial charge in [-0.15, -0.1) is 0 Å². The first kappa shape index (κ1) is 14.2. The molecule has 7 heteroatoms. The van der Waals surface area contributed by atoms with Crippen LogP contribution >= 0.6 is 12.2 Å². The molecule has 0 aromatic carbocycles. The van der Waals surface area contributed by atoms with Crippen LogP contribution < -0.4 is 11.5 Å². The molecule has 19 heavy (non-hydrogen) atoms. The van der Waals surface area contributed by atoms with Crippen LogP contribution in [0.2, 0.25) is 0 Å². The molecule has 2 amide bonds. The first-order valence-electron chi connectivity index (χ1n) is 6.47. The highest BCUT2D eigenvalue weighted by atomic mass is 32.1. The maximum absolute atomic E-state index is 12.8. The molecule has 1 atom stereocenters. The second kappa shape index (κ2) is 5.42. The van der Waals surface area contributed by atoms with Crippen LogP contribution in [0.15, 0.2) is 0 Å². The number of rotatable bonds is 3. The fourth-order valence-electron chi connectivity index (χ4n) is 2.90. The molecule has 4 N–H and O–H groups in total. The summed E-state index contributed by atoms with van der Waals surface area (Å²) in [4.78, 5) is 25.9. The Bertz CT molecular complexity index is 407. The lowest BCUT2D eigenvalue weighted by molar-refractivity contribution is -0.152. The van der Waals surface area contributed by atoms with E-state index in [0.717, 1.165) is 12.8 Å². The van der Waals surface area contributed by atoms with Crippen LogP contribution in [0, 0.1) is 5.41 Å². The molecule has 1 saturated carbocycles. The van der Waals surface area contributed by atoms with E-state index < -0.39 is 17.4 Å². The molecule has 0 radical (unpaired) electrons. The van der Waals surface area contributed by atoms with Gasteiger partial charge in [-0.2, -0.15) is 0 Å². The van der Waals surface area contributed by atoms with E-state index in [4.69, 9.17) is 28.4 Å². The molecule has 2 aliphatic rings. The van der Waals surface area contributed by atoms with Gasteiger partial charge in [0, 0.05) is 6.54 Å². The van der Waals surface area contributed by atoms with Crippen molar-refractivity contribution in [3.63, 3.8) is 0 Å². The highest BCUT2D eigenvalue weighted by Gasteiger charge is 2.48. The highest BCUT2D eigenvalue weighted by molar-refractivity contribution is 7.80. The molecule has 1 unspecified atom stereocenters. The van der Waals surface area contributed by atoms with E-state index in [2.05, 4.69) is 0 Å². The van der Waals surface area contributed by atoms with E-state index in [1.807, 2.05) is 0 Å². The summed E-state index contributed by atoms with van der Waals surface area (Å²) in [5, 5.41) is 0. The van der Waals surface area contributed by atoms with E-state index in [9.17, 15) is 9.59 Å². The zero-order valence-corrected chi connectivity index (χ0v) is 11.6. The summed E-state index contributed by atoms with van der Waals surface area (Å²) in [6.07, 6.45) is 3.16. The Morgan fingerprint density at radius 2 is 1.89 bits per heavy atom. The van der Waals surface area contributed by atoms with E-state index >= 15 is 0 Å². The van der Waals surface area contributed by atoms with Gasteiger partial charge in [0.1, 0.15) is 6.04 Å². The molecule has 106 valence electrons. The Kier molecular flexibility index (Phi) is 4.05. The molecule has 2 rings (SSSR count). The molecule has 2 fully saturated rings. The van der Waals surface area contributed by atoms with Crippen LogP contribution in [0.4, 0.5) is 0 Å². The number of carbonyl (C=O) groups excluding carboxylic acids is 2. The highest BCUT2D eigenvalue weighted by Crippen LogP contribution is 2.40. The second-order valence-electron chi connectivity index (χ2n) is 5.15. The fourth-order valence-corrected chi connectivity index (χ4v) is 3.19. The lowest BCUT2D eigenvalue weighted by atomic mass is 9.84. The number of nitrogens with two attached hydrogens (primary N) is 2. The standard InChI is InChI=1S/C12H19N3O3S/c13-9(16)8-7-18-6-5-15(8)11(17)12(10(14)19)3-1-2-4-12/h8H,1-7H2,(H2,13,16)(H2,14,19). The van der Waals surface area contributed by atoms with Gasteiger partial charge in [-0.05, 0) is 12.8 Å². The van der Waals surface area contributed by atoms with E-state index in [-0.39, 0.29) is 17.5 Å². The molecule has 1 heterocycles. The molecule has 1 aliphatic heterocycles. The molecule has 0 spiro atoms. The molecular weight excluding hydrogens is 266 g/mol. The Morgan fingerprint density at radius 1 is 1.26 bits per heavy atom. The zero-order chi connectivity index (χ0) is 14.0. The van der Waals surface area contributed by atoms with Gasteiger partial charge in [0.25, 0.3) is 0 Å². The van der Waals surface area contributed by atoms with Crippen molar-refractivity contribution in [3.05, 3.63) is 0 Å². The summed E-state index contributed by atoms with van der Waals surface area (Å²) >= 11 is 5.10. The molecular formula is C12H19N3O3S. The van der Waals surface area contributed by atoms with Gasteiger partial charge in [0.2, 0.25) is 11.8 Å². The zero-order valence-electron chi connectivity index (χ0n) is 10.8. The summed E-state index contributed by atoms with van der Waals surface area (Å²) in [5.74, 6) is -0.714. The lowest BCUT2D eigenvalue weighted by Gasteiger charge is -2.39. The van der Waals surface area contributed by atoms with Crippen molar-refractivity contribution in [2.75, 3.05) is 19.8 Å². The number of amides is 2. The number of morpholine rings is 1. The quantitative estimate of drug-likeness (QED) is 0.684. The van der Waals surface area contributed by atoms with E-state index in [1.54, 1.807) is 0 Å². The van der Waals surface area contributed by atoms with Crippen molar-refractivity contribution in [2.45, 2.75) is 31.7 Å². The van der Waals surface area contributed by atoms with Crippen LogP contribution in [-0.2, 0) is 14.3 Å². The number of nitrogens with zero attached hydrogens (tertiary/aromatic N) is 1. The summed E-state index contributed by atoms with van der Waals surface area (Å²) in [5.41, 5.74) is 10.3. The minimum Gasteiger partial charge on any atom is -0.392 e. The van der Waals surface area contributed by atoms with Crippen molar-refractivity contribution in [1.29, 1.82) is 0 Å². The fraction of sp³-hybridized carbons (Fsp3) is 0.750. The molecule has 1 aliphatic carbocycles. The third-order valence-corrected chi connectivity index (χ3v) is 4.45. The predicted octanol–water partition coefficient (Wildman–Crippen LogP) is -0.454. The summed E-state index contributed by atoms with van der Waals surface area (Å²) in [6, 6.07) is -0.715. The Hall–Kier alpha value is -1.21. The first-order chi connectivity index (χ1) is 8.99. The van der Waals surface area contributed by atoms with Crippen LogP contribution in [0.1, 0.15) is 25.7 Å². The molecule has 0 aromatic heterocycles. The predicted molar refractivity (Wildman–Crippen MR) is 73.2 cm³/mol. The summed E-state index contributed by atoms with van der Waals surface area (Å²) < 4.78 is 5.22. The van der Waals surface area contributed by atoms with Gasteiger partial charge in [-0.3, -0.25) is 9.59 Å². The van der Waals surface area contributed by atoms with Crippen LogP contribution in [0.25, 0.3) is 0 Å². The maximum atomic E-state index is 12.8. The van der Waals surface area contributed by atoms with Crippen LogP contribution in [0.5, 0.6) is 0 Å². The summed E-state index contributed by atoms with van der Waals surface area (Å²) in [6.45, 7) is 0.911. The normalized spacial score (nSPS) is 26.1. The SMILES string of the molecule is NC(=O)C1COCCN1C(=O)C1(C(N)=S)CCCC1. The molecule has 0 aromatic rings. The van der Waals surface area contributed by atoms with Gasteiger partial charge in [0.15, 0.2) is 0 Å². The number of ether oxygens (including phenoxy) is 1. The third kappa shape index (κ3) is 2.44. The molecule has 1 saturated heterocycles. The maximum Gasteiger partial charge on any atom is 0.242 e. The lowest BCUT2D eigenvalue weighted by Crippen LogP contribution is -2.60. The third-order valence-electron chi connectivity index (χ3n) is 4.06. The van der Waals surface area contributed by atoms with Crippen molar-refractivity contribution < 1.29 is 14.3 Å². The van der Waals surface area contributed by atoms with E-state index in [1.165, 1.54) is 4.90 Å². The average molecular weight is 285 g/mol. The van der Waals surface area contributed by atoms with Gasteiger partial charge >= 0.3 is 0 Å². The van der Waals surface area contributed by atoms with E-state index in [0.29, 0.717) is 26.0 Å². The Morgan fingerprint density at radius 3 is 2.42 bits per heavy atom. The van der Waals surface area contributed by atoms with Crippen molar-refractivity contribution >= 4 is 29.0 Å². The van der Waals surface area contributed by atoms with Crippen molar-refractivity contribution in [3.8, 4) is 0 Å². The second-order valence-corrected chi connectivity index (χ2v) is 5.58. The molecule has 6 nitrogen and oxygen atoms in total. The van der Waals surface area contributed by atoms with Gasteiger partial charge in [0.05, 0.1) is 23.6 Å². The topological polar surface area (TPSA) is 98.7 Å². The number of carbonyl (C=O) groups is 2. The van der Waals surface area contributed by atoms with Crippen molar-refractivity contribution in [1.82, 2.24) is 4.90 Å². The number of hydrogen-bond acceptors (Lipinski definition) is 4. The minimum atomic E-state index is -0.791.